The first kappa shape index (κ1) is 15.9. The zero-order valence-electron chi connectivity index (χ0n) is 13.4. The van der Waals surface area contributed by atoms with Crippen LogP contribution in [-0.2, 0) is 6.54 Å². The summed E-state index contributed by atoms with van der Waals surface area (Å²) in [7, 11) is 0. The summed E-state index contributed by atoms with van der Waals surface area (Å²) in [5.41, 5.74) is 1.24. The standard InChI is InChI=1S/C16H29N3S/c1-12(2)16-18-15(11-20-16)10-19(13(3)4)9-14-7-5-6-8-17-14/h11-14,17H,5-10H2,1-4H3. The first-order chi connectivity index (χ1) is 9.56. The van der Waals surface area contributed by atoms with Crippen molar-refractivity contribution in [3.8, 4) is 0 Å². The molecule has 0 bridgehead atoms. The number of hydrogen-bond donors (Lipinski definition) is 1. The van der Waals surface area contributed by atoms with Gasteiger partial charge in [0.15, 0.2) is 0 Å². The minimum Gasteiger partial charge on any atom is -0.313 e. The Balaban J connectivity index is 1.93. The van der Waals surface area contributed by atoms with Crippen LogP contribution in [0, 0.1) is 0 Å². The van der Waals surface area contributed by atoms with Gasteiger partial charge in [-0.3, -0.25) is 4.90 Å². The highest BCUT2D eigenvalue weighted by atomic mass is 32.1. The molecule has 1 fully saturated rings. The fraction of sp³-hybridized carbons (Fsp3) is 0.812. The maximum Gasteiger partial charge on any atom is 0.0954 e. The second-order valence-corrected chi connectivity index (χ2v) is 7.39. The average molecular weight is 295 g/mol. The van der Waals surface area contributed by atoms with Crippen molar-refractivity contribution in [2.75, 3.05) is 13.1 Å². The summed E-state index contributed by atoms with van der Waals surface area (Å²) in [6, 6.07) is 1.23. The number of piperidine rings is 1. The zero-order valence-corrected chi connectivity index (χ0v) is 14.2. The Bertz CT molecular complexity index is 394. The molecule has 0 spiro atoms. The highest BCUT2D eigenvalue weighted by Crippen LogP contribution is 2.21. The van der Waals surface area contributed by atoms with E-state index in [1.807, 2.05) is 0 Å². The molecule has 4 heteroatoms. The molecule has 0 aromatic carbocycles. The fourth-order valence-electron chi connectivity index (χ4n) is 2.69. The number of aromatic nitrogens is 1. The van der Waals surface area contributed by atoms with E-state index in [-0.39, 0.29) is 0 Å². The molecule has 2 rings (SSSR count). The summed E-state index contributed by atoms with van der Waals surface area (Å²) in [5, 5.41) is 7.15. The van der Waals surface area contributed by atoms with Crippen LogP contribution in [0.3, 0.4) is 0 Å². The normalized spacial score (nSPS) is 20.2. The molecule has 1 saturated heterocycles. The van der Waals surface area contributed by atoms with Crippen LogP contribution in [-0.4, -0.2) is 35.1 Å². The van der Waals surface area contributed by atoms with Crippen molar-refractivity contribution < 1.29 is 0 Å². The second-order valence-electron chi connectivity index (χ2n) is 6.50. The van der Waals surface area contributed by atoms with Crippen molar-refractivity contribution >= 4 is 11.3 Å². The Morgan fingerprint density at radius 3 is 2.70 bits per heavy atom. The van der Waals surface area contributed by atoms with Crippen molar-refractivity contribution in [3.63, 3.8) is 0 Å². The molecule has 1 aromatic rings. The van der Waals surface area contributed by atoms with E-state index in [0.717, 1.165) is 13.1 Å². The van der Waals surface area contributed by atoms with Gasteiger partial charge in [0.1, 0.15) is 0 Å². The quantitative estimate of drug-likeness (QED) is 0.869. The van der Waals surface area contributed by atoms with E-state index in [2.05, 4.69) is 43.3 Å². The lowest BCUT2D eigenvalue weighted by molar-refractivity contribution is 0.175. The average Bonchev–Trinajstić information content (AvgIpc) is 2.88. The van der Waals surface area contributed by atoms with Crippen molar-refractivity contribution in [3.05, 3.63) is 16.1 Å². The second kappa shape index (κ2) is 7.53. The van der Waals surface area contributed by atoms with Crippen LogP contribution in [0.2, 0.25) is 0 Å². The fourth-order valence-corrected chi connectivity index (χ4v) is 3.52. The van der Waals surface area contributed by atoms with Gasteiger partial charge in [0.05, 0.1) is 10.7 Å². The number of nitrogens with one attached hydrogen (secondary N) is 1. The first-order valence-electron chi connectivity index (χ1n) is 7.98. The van der Waals surface area contributed by atoms with Crippen LogP contribution < -0.4 is 5.32 Å². The summed E-state index contributed by atoms with van der Waals surface area (Å²) in [5.74, 6) is 0.543. The summed E-state index contributed by atoms with van der Waals surface area (Å²) >= 11 is 1.80. The summed E-state index contributed by atoms with van der Waals surface area (Å²) in [4.78, 5) is 7.34. The molecule has 3 nitrogen and oxygen atoms in total. The monoisotopic (exact) mass is 295 g/mol. The van der Waals surface area contributed by atoms with Gasteiger partial charge in [-0.25, -0.2) is 4.98 Å². The third-order valence-corrected chi connectivity index (χ3v) is 5.22. The number of thiazole rings is 1. The molecule has 0 amide bonds. The molecule has 1 aliphatic heterocycles. The smallest absolute Gasteiger partial charge is 0.0954 e. The van der Waals surface area contributed by atoms with Gasteiger partial charge >= 0.3 is 0 Å². The van der Waals surface area contributed by atoms with Crippen molar-refractivity contribution in [2.24, 2.45) is 0 Å². The van der Waals surface area contributed by atoms with Gasteiger partial charge in [-0.1, -0.05) is 20.3 Å². The van der Waals surface area contributed by atoms with E-state index < -0.39 is 0 Å². The van der Waals surface area contributed by atoms with Gasteiger partial charge in [-0.05, 0) is 33.2 Å². The third-order valence-electron chi connectivity index (χ3n) is 4.03. The number of nitrogens with zero attached hydrogens (tertiary/aromatic N) is 2. The van der Waals surface area contributed by atoms with Gasteiger partial charge in [-0.15, -0.1) is 11.3 Å². The topological polar surface area (TPSA) is 28.2 Å². The third kappa shape index (κ3) is 4.54. The lowest BCUT2D eigenvalue weighted by Gasteiger charge is -2.32. The van der Waals surface area contributed by atoms with Crippen LogP contribution in [0.1, 0.15) is 63.6 Å². The van der Waals surface area contributed by atoms with Gasteiger partial charge in [-0.2, -0.15) is 0 Å². The van der Waals surface area contributed by atoms with E-state index in [0.29, 0.717) is 18.0 Å². The van der Waals surface area contributed by atoms with Gasteiger partial charge < -0.3 is 5.32 Å². The lowest BCUT2D eigenvalue weighted by Crippen LogP contribution is -2.45. The molecule has 0 aliphatic carbocycles. The predicted octanol–water partition coefficient (Wildman–Crippen LogP) is 3.62. The van der Waals surface area contributed by atoms with Crippen LogP contribution >= 0.6 is 11.3 Å². The van der Waals surface area contributed by atoms with Gasteiger partial charge in [0.25, 0.3) is 0 Å². The molecule has 114 valence electrons. The van der Waals surface area contributed by atoms with E-state index >= 15 is 0 Å². The predicted molar refractivity (Wildman–Crippen MR) is 87.4 cm³/mol. The summed E-state index contributed by atoms with van der Waals surface area (Å²) in [6.07, 6.45) is 4.03. The Morgan fingerprint density at radius 2 is 2.15 bits per heavy atom. The molecule has 0 saturated carbocycles. The van der Waals surface area contributed by atoms with Crippen molar-refractivity contribution in [1.29, 1.82) is 0 Å². The Labute approximate surface area is 127 Å². The van der Waals surface area contributed by atoms with Crippen LogP contribution in [0.4, 0.5) is 0 Å². The SMILES string of the molecule is CC(C)c1nc(CN(CC2CCCCN2)C(C)C)cs1. The lowest BCUT2D eigenvalue weighted by atomic mass is 10.0. The van der Waals surface area contributed by atoms with E-state index in [1.165, 1.54) is 36.5 Å². The Morgan fingerprint density at radius 1 is 1.35 bits per heavy atom. The molecule has 0 radical (unpaired) electrons. The maximum absolute atomic E-state index is 4.78. The molecular formula is C16H29N3S. The van der Waals surface area contributed by atoms with Gasteiger partial charge in [0, 0.05) is 36.5 Å². The molecule has 1 N–H and O–H groups in total. The van der Waals surface area contributed by atoms with E-state index in [9.17, 15) is 0 Å². The van der Waals surface area contributed by atoms with E-state index in [1.54, 1.807) is 11.3 Å². The number of rotatable bonds is 6. The molecule has 1 unspecified atom stereocenters. The minimum absolute atomic E-state index is 0.543. The van der Waals surface area contributed by atoms with Crippen LogP contribution in [0.5, 0.6) is 0 Å². The molecular weight excluding hydrogens is 266 g/mol. The largest absolute Gasteiger partial charge is 0.313 e. The molecule has 20 heavy (non-hydrogen) atoms. The summed E-state index contributed by atoms with van der Waals surface area (Å²) in [6.45, 7) is 12.3. The Hall–Kier alpha value is -0.450. The van der Waals surface area contributed by atoms with Crippen LogP contribution in [0.15, 0.2) is 5.38 Å². The molecule has 1 atom stereocenters. The summed E-state index contributed by atoms with van der Waals surface area (Å²) < 4.78 is 0. The Kier molecular flexibility index (Phi) is 6.00. The minimum atomic E-state index is 0.543. The first-order valence-corrected chi connectivity index (χ1v) is 8.86. The van der Waals surface area contributed by atoms with Crippen LogP contribution in [0.25, 0.3) is 0 Å². The number of hydrogen-bond acceptors (Lipinski definition) is 4. The molecule has 1 aromatic heterocycles. The molecule has 2 heterocycles. The maximum atomic E-state index is 4.78. The van der Waals surface area contributed by atoms with Gasteiger partial charge in [0.2, 0.25) is 0 Å². The molecule has 1 aliphatic rings. The highest BCUT2D eigenvalue weighted by molar-refractivity contribution is 7.09. The van der Waals surface area contributed by atoms with Crippen molar-refractivity contribution in [1.82, 2.24) is 15.2 Å². The zero-order chi connectivity index (χ0) is 14.5. The highest BCUT2D eigenvalue weighted by Gasteiger charge is 2.19. The van der Waals surface area contributed by atoms with Crippen molar-refractivity contribution in [2.45, 2.75) is 71.5 Å². The van der Waals surface area contributed by atoms with E-state index in [4.69, 9.17) is 4.98 Å².